The van der Waals surface area contributed by atoms with E-state index in [1.807, 2.05) is 47.5 Å². The second kappa shape index (κ2) is 7.85. The van der Waals surface area contributed by atoms with E-state index in [1.54, 1.807) is 18.0 Å². The number of carbonyl (C=O) groups is 1. The molecule has 2 aromatic rings. The summed E-state index contributed by atoms with van der Waals surface area (Å²) in [5.74, 6) is 0.744. The molecule has 6 heteroatoms. The maximum atomic E-state index is 12.0. The first-order chi connectivity index (χ1) is 10.2. The molecule has 5 nitrogen and oxygen atoms in total. The highest BCUT2D eigenvalue weighted by Gasteiger charge is 2.13. The number of thioether (sulfide) groups is 1. The SMILES string of the molecule is CSCC[C@H](N)C(=O)Nc1cccc(Cn2cccn2)c1. The van der Waals surface area contributed by atoms with E-state index in [0.717, 1.165) is 17.0 Å². The van der Waals surface area contributed by atoms with Gasteiger partial charge in [-0.05, 0) is 42.2 Å². The Balaban J connectivity index is 1.96. The maximum Gasteiger partial charge on any atom is 0.241 e. The minimum atomic E-state index is -0.466. The molecule has 112 valence electrons. The van der Waals surface area contributed by atoms with E-state index in [2.05, 4.69) is 10.4 Å². The van der Waals surface area contributed by atoms with E-state index in [-0.39, 0.29) is 5.91 Å². The van der Waals surface area contributed by atoms with E-state index >= 15 is 0 Å². The molecule has 0 aliphatic heterocycles. The maximum absolute atomic E-state index is 12.0. The van der Waals surface area contributed by atoms with Crippen LogP contribution < -0.4 is 11.1 Å². The van der Waals surface area contributed by atoms with E-state index < -0.39 is 6.04 Å². The zero-order valence-corrected chi connectivity index (χ0v) is 12.8. The molecule has 0 spiro atoms. The van der Waals surface area contributed by atoms with Crippen LogP contribution in [-0.4, -0.2) is 33.7 Å². The fourth-order valence-corrected chi connectivity index (χ4v) is 2.43. The molecule has 0 saturated heterocycles. The summed E-state index contributed by atoms with van der Waals surface area (Å²) in [4.78, 5) is 12.0. The van der Waals surface area contributed by atoms with Crippen LogP contribution in [-0.2, 0) is 11.3 Å². The lowest BCUT2D eigenvalue weighted by atomic mass is 10.2. The number of hydrogen-bond donors (Lipinski definition) is 2. The number of hydrogen-bond acceptors (Lipinski definition) is 4. The second-order valence-corrected chi connectivity index (χ2v) is 5.77. The van der Waals surface area contributed by atoms with Crippen molar-refractivity contribution >= 4 is 23.4 Å². The summed E-state index contributed by atoms with van der Waals surface area (Å²) < 4.78 is 1.84. The van der Waals surface area contributed by atoms with Gasteiger partial charge in [0.05, 0.1) is 12.6 Å². The number of aromatic nitrogens is 2. The monoisotopic (exact) mass is 304 g/mol. The average Bonchev–Trinajstić information content (AvgIpc) is 2.98. The van der Waals surface area contributed by atoms with Crippen molar-refractivity contribution in [3.63, 3.8) is 0 Å². The lowest BCUT2D eigenvalue weighted by Gasteiger charge is -2.12. The Morgan fingerprint density at radius 1 is 1.48 bits per heavy atom. The molecule has 1 atom stereocenters. The zero-order chi connectivity index (χ0) is 15.1. The molecule has 2 rings (SSSR count). The Hall–Kier alpha value is -1.79. The summed E-state index contributed by atoms with van der Waals surface area (Å²) in [5, 5.41) is 7.04. The van der Waals surface area contributed by atoms with E-state index in [0.29, 0.717) is 13.0 Å². The summed E-state index contributed by atoms with van der Waals surface area (Å²) in [6, 6.07) is 9.16. The summed E-state index contributed by atoms with van der Waals surface area (Å²) in [7, 11) is 0. The molecule has 0 bridgehead atoms. The molecular formula is C15H20N4OS. The van der Waals surface area contributed by atoms with Gasteiger partial charge in [-0.3, -0.25) is 9.48 Å². The smallest absolute Gasteiger partial charge is 0.241 e. The molecule has 0 fully saturated rings. The zero-order valence-electron chi connectivity index (χ0n) is 12.0. The van der Waals surface area contributed by atoms with Gasteiger partial charge >= 0.3 is 0 Å². The van der Waals surface area contributed by atoms with Crippen LogP contribution >= 0.6 is 11.8 Å². The van der Waals surface area contributed by atoms with E-state index in [9.17, 15) is 4.79 Å². The molecule has 0 saturated carbocycles. The van der Waals surface area contributed by atoms with Crippen LogP contribution in [0.25, 0.3) is 0 Å². The molecule has 1 aromatic carbocycles. The van der Waals surface area contributed by atoms with E-state index in [4.69, 9.17) is 5.73 Å². The van der Waals surface area contributed by atoms with Crippen LogP contribution in [0.3, 0.4) is 0 Å². The van der Waals surface area contributed by atoms with Crippen LogP contribution in [0.15, 0.2) is 42.7 Å². The van der Waals surface area contributed by atoms with Gasteiger partial charge in [-0.25, -0.2) is 0 Å². The highest BCUT2D eigenvalue weighted by Crippen LogP contribution is 2.12. The molecule has 0 radical (unpaired) electrons. The van der Waals surface area contributed by atoms with Crippen LogP contribution in [0, 0.1) is 0 Å². The number of amides is 1. The third kappa shape index (κ3) is 4.91. The molecule has 1 aromatic heterocycles. The number of nitrogens with two attached hydrogens (primary N) is 1. The third-order valence-electron chi connectivity index (χ3n) is 3.07. The Bertz CT molecular complexity index is 571. The number of carbonyl (C=O) groups excluding carboxylic acids is 1. The van der Waals surface area contributed by atoms with E-state index in [1.165, 1.54) is 0 Å². The summed E-state index contributed by atoms with van der Waals surface area (Å²) in [6.07, 6.45) is 6.34. The van der Waals surface area contributed by atoms with Crippen molar-refractivity contribution < 1.29 is 4.79 Å². The Morgan fingerprint density at radius 2 is 2.33 bits per heavy atom. The number of benzene rings is 1. The van der Waals surface area contributed by atoms with Crippen molar-refractivity contribution in [1.82, 2.24) is 9.78 Å². The normalized spacial score (nSPS) is 12.1. The first-order valence-electron chi connectivity index (χ1n) is 6.81. The van der Waals surface area contributed by atoms with Crippen LogP contribution in [0.5, 0.6) is 0 Å². The van der Waals surface area contributed by atoms with Crippen molar-refractivity contribution in [2.45, 2.75) is 19.0 Å². The first kappa shape index (κ1) is 15.6. The average molecular weight is 304 g/mol. The van der Waals surface area contributed by atoms with Crippen LogP contribution in [0.1, 0.15) is 12.0 Å². The van der Waals surface area contributed by atoms with Crippen LogP contribution in [0.4, 0.5) is 5.69 Å². The molecular weight excluding hydrogens is 284 g/mol. The number of nitrogens with one attached hydrogen (secondary N) is 1. The molecule has 0 unspecified atom stereocenters. The van der Waals surface area contributed by atoms with Crippen molar-refractivity contribution in [3.8, 4) is 0 Å². The lowest BCUT2D eigenvalue weighted by molar-refractivity contribution is -0.117. The molecule has 1 amide bonds. The quantitative estimate of drug-likeness (QED) is 0.820. The van der Waals surface area contributed by atoms with Crippen molar-refractivity contribution in [2.75, 3.05) is 17.3 Å². The molecule has 1 heterocycles. The Labute approximate surface area is 128 Å². The van der Waals surface area contributed by atoms with Crippen LogP contribution in [0.2, 0.25) is 0 Å². The highest BCUT2D eigenvalue weighted by atomic mass is 32.2. The number of rotatable bonds is 7. The predicted octanol–water partition coefficient (Wildman–Crippen LogP) is 1.95. The fourth-order valence-electron chi connectivity index (χ4n) is 1.94. The molecule has 3 N–H and O–H groups in total. The van der Waals surface area contributed by atoms with Gasteiger partial charge in [0.25, 0.3) is 0 Å². The summed E-state index contributed by atoms with van der Waals surface area (Å²) in [5.41, 5.74) is 7.71. The van der Waals surface area contributed by atoms with Gasteiger partial charge in [0.1, 0.15) is 0 Å². The predicted molar refractivity (Wildman–Crippen MR) is 87.4 cm³/mol. The van der Waals surface area contributed by atoms with Crippen molar-refractivity contribution in [1.29, 1.82) is 0 Å². The van der Waals surface area contributed by atoms with Crippen molar-refractivity contribution in [2.24, 2.45) is 5.73 Å². The Morgan fingerprint density at radius 3 is 3.05 bits per heavy atom. The van der Waals surface area contributed by atoms with Gasteiger partial charge in [0.15, 0.2) is 0 Å². The Kier molecular flexibility index (Phi) is 5.83. The molecule has 0 aliphatic carbocycles. The number of nitrogens with zero attached hydrogens (tertiary/aromatic N) is 2. The first-order valence-corrected chi connectivity index (χ1v) is 8.20. The largest absolute Gasteiger partial charge is 0.325 e. The highest BCUT2D eigenvalue weighted by molar-refractivity contribution is 7.98. The minimum absolute atomic E-state index is 0.139. The van der Waals surface area contributed by atoms with Gasteiger partial charge in [0, 0.05) is 18.1 Å². The summed E-state index contributed by atoms with van der Waals surface area (Å²) >= 11 is 1.69. The van der Waals surface area contributed by atoms with Gasteiger partial charge in [-0.2, -0.15) is 16.9 Å². The fraction of sp³-hybridized carbons (Fsp3) is 0.333. The lowest BCUT2D eigenvalue weighted by Crippen LogP contribution is -2.36. The molecule has 21 heavy (non-hydrogen) atoms. The third-order valence-corrected chi connectivity index (χ3v) is 3.71. The van der Waals surface area contributed by atoms with Gasteiger partial charge in [-0.1, -0.05) is 12.1 Å². The van der Waals surface area contributed by atoms with Gasteiger partial charge < -0.3 is 11.1 Å². The molecule has 0 aliphatic rings. The van der Waals surface area contributed by atoms with Gasteiger partial charge in [-0.15, -0.1) is 0 Å². The van der Waals surface area contributed by atoms with Gasteiger partial charge in [0.2, 0.25) is 5.91 Å². The minimum Gasteiger partial charge on any atom is -0.325 e. The topological polar surface area (TPSA) is 72.9 Å². The van der Waals surface area contributed by atoms with Crippen molar-refractivity contribution in [3.05, 3.63) is 48.3 Å². The second-order valence-electron chi connectivity index (χ2n) is 4.78. The number of anilines is 1. The summed E-state index contributed by atoms with van der Waals surface area (Å²) in [6.45, 7) is 0.676. The standard InChI is InChI=1S/C15H20N4OS/c1-21-9-6-14(16)15(20)18-13-5-2-4-12(10-13)11-19-8-3-7-17-19/h2-5,7-8,10,14H,6,9,11,16H2,1H3,(H,18,20)/t14-/m0/s1.